The Balaban J connectivity index is 3.40. The lowest BCUT2D eigenvalue weighted by atomic mass is 10.0. The van der Waals surface area contributed by atoms with Crippen molar-refractivity contribution in [3.8, 4) is 0 Å². The average molecular weight is 396 g/mol. The second-order valence-corrected chi connectivity index (χ2v) is 15.5. The van der Waals surface area contributed by atoms with Crippen molar-refractivity contribution in [2.24, 2.45) is 0 Å². The molecule has 0 unspecified atom stereocenters. The second-order valence-electron chi connectivity index (χ2n) is 11.0. The minimum atomic E-state index is -0.294. The summed E-state index contributed by atoms with van der Waals surface area (Å²) in [5.74, 6) is 0. The zero-order valence-electron chi connectivity index (χ0n) is 20.5. The van der Waals surface area contributed by atoms with Crippen LogP contribution in [0.1, 0.15) is 151 Å². The Hall–Kier alpha value is 0.217. The van der Waals surface area contributed by atoms with Gasteiger partial charge in [0.05, 0.1) is 8.80 Å². The molecule has 0 aliphatic heterocycles. The van der Waals surface area contributed by atoms with Crippen molar-refractivity contribution in [3.63, 3.8) is 0 Å². The Bertz CT molecular complexity index is 293. The third-order valence-corrected chi connectivity index (χ3v) is 10.6. The Labute approximate surface area is 176 Å². The van der Waals surface area contributed by atoms with Gasteiger partial charge in [-0.3, -0.25) is 0 Å². The highest BCUT2D eigenvalue weighted by Crippen LogP contribution is 2.44. The van der Waals surface area contributed by atoms with Gasteiger partial charge in [-0.05, 0) is 10.1 Å². The first-order valence-electron chi connectivity index (χ1n) is 12.6. The summed E-state index contributed by atoms with van der Waals surface area (Å²) in [5.41, 5.74) is 0. The molecule has 0 heterocycles. The van der Waals surface area contributed by atoms with Gasteiger partial charge in [0.1, 0.15) is 0 Å². The molecule has 0 spiro atoms. The fourth-order valence-corrected chi connectivity index (χ4v) is 9.08. The van der Waals surface area contributed by atoms with E-state index in [1.807, 2.05) is 0 Å². The van der Waals surface area contributed by atoms with E-state index in [1.165, 1.54) is 109 Å². The van der Waals surface area contributed by atoms with E-state index in [-0.39, 0.29) is 8.80 Å². The van der Waals surface area contributed by atoms with Crippen molar-refractivity contribution >= 4 is 8.80 Å². The highest BCUT2D eigenvalue weighted by atomic mass is 28.3. The van der Waals surface area contributed by atoms with E-state index in [0.29, 0.717) is 10.1 Å². The first-order valence-corrected chi connectivity index (χ1v) is 14.3. The summed E-state index contributed by atoms with van der Waals surface area (Å²) in [7, 11) is -0.294. The topological polar surface area (TPSA) is 0 Å². The Kier molecular flexibility index (Phi) is 16.2. The Morgan fingerprint density at radius 1 is 0.407 bits per heavy atom. The van der Waals surface area contributed by atoms with Gasteiger partial charge in [0.15, 0.2) is 0 Å². The van der Waals surface area contributed by atoms with Gasteiger partial charge in [0.25, 0.3) is 0 Å². The molecular formula is C26H55Si. The van der Waals surface area contributed by atoms with Gasteiger partial charge >= 0.3 is 0 Å². The van der Waals surface area contributed by atoms with E-state index in [1.54, 1.807) is 0 Å². The molecule has 1 radical (unpaired) electrons. The quantitative estimate of drug-likeness (QED) is 0.170. The zero-order chi connectivity index (χ0) is 20.6. The molecule has 0 saturated carbocycles. The fourth-order valence-electron chi connectivity index (χ4n) is 4.72. The van der Waals surface area contributed by atoms with Gasteiger partial charge in [0.2, 0.25) is 0 Å². The van der Waals surface area contributed by atoms with E-state index in [0.717, 1.165) is 0 Å². The molecule has 0 fully saturated rings. The lowest BCUT2D eigenvalue weighted by Crippen LogP contribution is -2.34. The molecule has 27 heavy (non-hydrogen) atoms. The molecule has 0 atom stereocenters. The van der Waals surface area contributed by atoms with Crippen LogP contribution < -0.4 is 0 Å². The maximum Gasteiger partial charge on any atom is 0.0595 e. The normalized spacial score (nSPS) is 12.9. The van der Waals surface area contributed by atoms with E-state index in [2.05, 4.69) is 48.5 Å². The summed E-state index contributed by atoms with van der Waals surface area (Å²) in [5, 5.41) is 1.08. The van der Waals surface area contributed by atoms with Crippen molar-refractivity contribution in [1.29, 1.82) is 0 Å². The highest BCUT2D eigenvalue weighted by Gasteiger charge is 2.35. The predicted molar refractivity (Wildman–Crippen MR) is 130 cm³/mol. The summed E-state index contributed by atoms with van der Waals surface area (Å²) in [4.78, 5) is 0. The standard InChI is InChI=1S/C26H55Si/c1-8-9-10-11-12-13-14-15-16-17-18-19-20-21-22-23-24-27(25(2,3)4)26(5,6)7/h8-24H2,1-7H3. The second kappa shape index (κ2) is 16.1. The average Bonchev–Trinajstić information content (AvgIpc) is 2.55. The molecule has 0 saturated heterocycles. The minimum absolute atomic E-state index is 0.294. The number of rotatable bonds is 17. The molecule has 0 N–H and O–H groups in total. The summed E-state index contributed by atoms with van der Waals surface area (Å²) in [6.07, 6.45) is 23.5. The molecule has 0 aromatic carbocycles. The smallest absolute Gasteiger partial charge is 0.0595 e. The summed E-state index contributed by atoms with van der Waals surface area (Å²) in [6, 6.07) is 1.51. The third-order valence-electron chi connectivity index (χ3n) is 6.09. The van der Waals surface area contributed by atoms with Crippen molar-refractivity contribution < 1.29 is 0 Å². The molecule has 0 aliphatic rings. The van der Waals surface area contributed by atoms with E-state index in [9.17, 15) is 0 Å². The monoisotopic (exact) mass is 395 g/mol. The van der Waals surface area contributed by atoms with Gasteiger partial charge < -0.3 is 0 Å². The lowest BCUT2D eigenvalue weighted by molar-refractivity contribution is 0.530. The van der Waals surface area contributed by atoms with Crippen LogP contribution in [0.2, 0.25) is 16.1 Å². The minimum Gasteiger partial charge on any atom is -0.0654 e. The fraction of sp³-hybridized carbons (Fsp3) is 1.00. The maximum atomic E-state index is 2.47. The van der Waals surface area contributed by atoms with E-state index < -0.39 is 0 Å². The molecule has 0 aromatic rings. The summed E-state index contributed by atoms with van der Waals surface area (Å²) in [6.45, 7) is 17.1. The SMILES string of the molecule is CCCCCCCCCCCCCCCCCC[Si](C(C)(C)C)C(C)(C)C. The van der Waals surface area contributed by atoms with Crippen LogP contribution in [0.5, 0.6) is 0 Å². The van der Waals surface area contributed by atoms with Crippen molar-refractivity contribution in [1.82, 2.24) is 0 Å². The maximum absolute atomic E-state index is 2.47. The van der Waals surface area contributed by atoms with Crippen LogP contribution in [0.4, 0.5) is 0 Å². The Morgan fingerprint density at radius 3 is 0.926 bits per heavy atom. The molecule has 0 amide bonds. The van der Waals surface area contributed by atoms with Gasteiger partial charge in [-0.2, -0.15) is 0 Å². The van der Waals surface area contributed by atoms with Crippen molar-refractivity contribution in [2.45, 2.75) is 167 Å². The molecule has 0 rings (SSSR count). The molecule has 1 heteroatoms. The van der Waals surface area contributed by atoms with Crippen LogP contribution in [0.3, 0.4) is 0 Å². The van der Waals surface area contributed by atoms with Crippen molar-refractivity contribution in [2.75, 3.05) is 0 Å². The van der Waals surface area contributed by atoms with E-state index in [4.69, 9.17) is 0 Å². The molecule has 163 valence electrons. The molecule has 0 nitrogen and oxygen atoms in total. The summed E-state index contributed by atoms with van der Waals surface area (Å²) >= 11 is 0. The zero-order valence-corrected chi connectivity index (χ0v) is 21.5. The van der Waals surface area contributed by atoms with E-state index >= 15 is 0 Å². The van der Waals surface area contributed by atoms with Crippen LogP contribution in [0.15, 0.2) is 0 Å². The van der Waals surface area contributed by atoms with Crippen molar-refractivity contribution in [3.05, 3.63) is 0 Å². The molecule has 0 aromatic heterocycles. The van der Waals surface area contributed by atoms with Crippen LogP contribution in [-0.4, -0.2) is 8.80 Å². The first-order chi connectivity index (χ1) is 12.7. The predicted octanol–water partition coefficient (Wildman–Crippen LogP) is 10.3. The van der Waals surface area contributed by atoms with Crippen LogP contribution in [0.25, 0.3) is 0 Å². The van der Waals surface area contributed by atoms with Gasteiger partial charge in [0, 0.05) is 0 Å². The van der Waals surface area contributed by atoms with Gasteiger partial charge in [-0.25, -0.2) is 0 Å². The van der Waals surface area contributed by atoms with Crippen LogP contribution in [0, 0.1) is 0 Å². The summed E-state index contributed by atoms with van der Waals surface area (Å²) < 4.78 is 0. The highest BCUT2D eigenvalue weighted by molar-refractivity contribution is 6.65. The third kappa shape index (κ3) is 16.8. The van der Waals surface area contributed by atoms with Gasteiger partial charge in [-0.15, -0.1) is 0 Å². The first kappa shape index (κ1) is 27.2. The molecule has 0 aliphatic carbocycles. The Morgan fingerprint density at radius 2 is 0.667 bits per heavy atom. The lowest BCUT2D eigenvalue weighted by Gasteiger charge is -2.39. The molecular weight excluding hydrogens is 340 g/mol. The largest absolute Gasteiger partial charge is 0.0654 e. The van der Waals surface area contributed by atoms with Crippen LogP contribution in [-0.2, 0) is 0 Å². The molecule has 0 bridgehead atoms. The number of hydrogen-bond donors (Lipinski definition) is 0. The van der Waals surface area contributed by atoms with Gasteiger partial charge in [-0.1, -0.05) is 157 Å². The number of unbranched alkanes of at least 4 members (excludes halogenated alkanes) is 15. The number of hydrogen-bond acceptors (Lipinski definition) is 0. The van der Waals surface area contributed by atoms with Crippen LogP contribution >= 0.6 is 0 Å².